The minimum Gasteiger partial charge on any atom is -0.493 e. The van der Waals surface area contributed by atoms with Crippen LogP contribution in [0.25, 0.3) is 5.57 Å². The van der Waals surface area contributed by atoms with E-state index in [1.165, 1.54) is 11.1 Å². The lowest BCUT2D eigenvalue weighted by molar-refractivity contribution is -0.136. The summed E-state index contributed by atoms with van der Waals surface area (Å²) in [5, 5.41) is 13.2. The summed E-state index contributed by atoms with van der Waals surface area (Å²) in [4.78, 5) is 21.0. The number of allylic oxidation sites excluding steroid dienone is 2. The minimum atomic E-state index is -0.0172. The number of carbonyl (C=O) groups is 1. The summed E-state index contributed by atoms with van der Waals surface area (Å²) < 4.78 is 11.6. The smallest absolute Gasteiger partial charge is 0.324 e. The minimum absolute atomic E-state index is 0.00259. The molecule has 1 saturated heterocycles. The highest BCUT2D eigenvalue weighted by atomic mass is 16.5. The molecule has 8 heteroatoms. The summed E-state index contributed by atoms with van der Waals surface area (Å²) in [6.07, 6.45) is 6.02. The highest BCUT2D eigenvalue weighted by molar-refractivity contribution is 5.81. The van der Waals surface area contributed by atoms with Gasteiger partial charge in [-0.1, -0.05) is 44.1 Å². The lowest BCUT2D eigenvalue weighted by Crippen LogP contribution is -2.38. The zero-order valence-corrected chi connectivity index (χ0v) is 22.0. The van der Waals surface area contributed by atoms with Crippen LogP contribution in [0.1, 0.15) is 63.8 Å². The van der Waals surface area contributed by atoms with Gasteiger partial charge in [0.25, 0.3) is 0 Å². The van der Waals surface area contributed by atoms with Crippen LogP contribution in [0, 0.1) is 17.8 Å². The van der Waals surface area contributed by atoms with E-state index in [1.807, 2.05) is 12.1 Å². The van der Waals surface area contributed by atoms with Gasteiger partial charge in [-0.3, -0.25) is 4.79 Å². The molecule has 2 atom stereocenters. The molecule has 4 rings (SSSR count). The number of hydrogen-bond acceptors (Lipinski definition) is 7. The number of rotatable bonds is 9. The predicted octanol–water partition coefficient (Wildman–Crippen LogP) is 4.37. The zero-order valence-electron chi connectivity index (χ0n) is 22.0. The van der Waals surface area contributed by atoms with E-state index in [1.54, 1.807) is 11.9 Å². The molecule has 0 radical (unpaired) electrons. The highest BCUT2D eigenvalue weighted by Crippen LogP contribution is 2.35. The van der Waals surface area contributed by atoms with Crippen molar-refractivity contribution in [1.82, 2.24) is 15.0 Å². The molecule has 1 N–H and O–H groups in total. The van der Waals surface area contributed by atoms with Gasteiger partial charge >= 0.3 is 6.01 Å². The second-order valence-electron chi connectivity index (χ2n) is 10.5. The molecule has 1 amide bonds. The van der Waals surface area contributed by atoms with E-state index >= 15 is 0 Å². The van der Waals surface area contributed by atoms with Gasteiger partial charge in [0.2, 0.25) is 5.91 Å². The third-order valence-electron chi connectivity index (χ3n) is 7.50. The molecular formula is C28H40N4O4. The van der Waals surface area contributed by atoms with Gasteiger partial charge in [0.1, 0.15) is 5.75 Å². The van der Waals surface area contributed by atoms with E-state index in [0.29, 0.717) is 25.1 Å². The normalized spacial score (nSPS) is 20.9. The van der Waals surface area contributed by atoms with Crippen LogP contribution in [0.2, 0.25) is 0 Å². The summed E-state index contributed by atoms with van der Waals surface area (Å²) in [6.45, 7) is 9.13. The van der Waals surface area contributed by atoms with Crippen molar-refractivity contribution in [3.05, 3.63) is 41.7 Å². The second kappa shape index (κ2) is 11.9. The third kappa shape index (κ3) is 6.27. The number of aliphatic hydroxyl groups is 1. The first-order valence-corrected chi connectivity index (χ1v) is 13.2. The average molecular weight is 497 g/mol. The van der Waals surface area contributed by atoms with Crippen LogP contribution in [-0.4, -0.2) is 65.9 Å². The van der Waals surface area contributed by atoms with Crippen LogP contribution in [0.4, 0.5) is 6.01 Å². The first-order chi connectivity index (χ1) is 17.4. The monoisotopic (exact) mass is 496 g/mol. The van der Waals surface area contributed by atoms with Gasteiger partial charge in [0.15, 0.2) is 5.82 Å². The number of aromatic nitrogens is 2. The van der Waals surface area contributed by atoms with Crippen LogP contribution in [-0.2, 0) is 4.79 Å². The average Bonchev–Trinajstić information content (AvgIpc) is 3.39. The molecule has 1 aromatic carbocycles. The van der Waals surface area contributed by atoms with Crippen LogP contribution in [0.15, 0.2) is 34.9 Å². The number of amides is 1. The van der Waals surface area contributed by atoms with Crippen molar-refractivity contribution in [3.63, 3.8) is 0 Å². The third-order valence-corrected chi connectivity index (χ3v) is 7.50. The molecule has 2 aromatic rings. The lowest BCUT2D eigenvalue weighted by atomic mass is 9.79. The number of ether oxygens (including phenoxy) is 1. The molecule has 1 aliphatic heterocycles. The van der Waals surface area contributed by atoms with Crippen LogP contribution < -0.4 is 9.64 Å². The Bertz CT molecular complexity index is 1020. The Hall–Kier alpha value is -2.87. The van der Waals surface area contributed by atoms with Crippen LogP contribution in [0.5, 0.6) is 5.75 Å². The van der Waals surface area contributed by atoms with E-state index in [4.69, 9.17) is 14.4 Å². The fourth-order valence-electron chi connectivity index (χ4n) is 5.08. The molecule has 1 aliphatic carbocycles. The maximum Gasteiger partial charge on any atom is 0.324 e. The number of hydrogen-bond donors (Lipinski definition) is 1. The van der Waals surface area contributed by atoms with Gasteiger partial charge in [-0.2, -0.15) is 4.98 Å². The number of nitrogens with zero attached hydrogens (tertiary/aromatic N) is 4. The van der Waals surface area contributed by atoms with E-state index in [0.717, 1.165) is 50.3 Å². The van der Waals surface area contributed by atoms with Crippen molar-refractivity contribution < 1.29 is 19.2 Å². The molecule has 2 heterocycles. The lowest BCUT2D eigenvalue weighted by Gasteiger charge is -2.30. The molecule has 0 spiro atoms. The van der Waals surface area contributed by atoms with Crippen molar-refractivity contribution in [1.29, 1.82) is 0 Å². The van der Waals surface area contributed by atoms with Gasteiger partial charge in [0.05, 0.1) is 13.2 Å². The Kier molecular flexibility index (Phi) is 8.67. The van der Waals surface area contributed by atoms with Gasteiger partial charge in [-0.05, 0) is 60.8 Å². The number of anilines is 1. The van der Waals surface area contributed by atoms with Crippen molar-refractivity contribution in [3.8, 4) is 5.75 Å². The molecule has 196 valence electrons. The van der Waals surface area contributed by atoms with Crippen LogP contribution in [0.3, 0.4) is 0 Å². The van der Waals surface area contributed by atoms with Crippen molar-refractivity contribution in [2.45, 2.75) is 52.4 Å². The molecule has 2 aliphatic rings. The molecule has 1 fully saturated rings. The topological polar surface area (TPSA) is 91.9 Å². The van der Waals surface area contributed by atoms with E-state index in [-0.39, 0.29) is 30.3 Å². The summed E-state index contributed by atoms with van der Waals surface area (Å²) in [5.74, 6) is 2.71. The Balaban J connectivity index is 1.25. The van der Waals surface area contributed by atoms with Gasteiger partial charge in [-0.25, -0.2) is 0 Å². The summed E-state index contributed by atoms with van der Waals surface area (Å²) in [5.41, 5.74) is 2.48. The quantitative estimate of drug-likeness (QED) is 0.551. The molecule has 0 saturated carbocycles. The Morgan fingerprint density at radius 3 is 2.56 bits per heavy atom. The molecule has 0 bridgehead atoms. The SMILES string of the molecule is CC(C)c1noc(N2CCC(COc3ccc(C4=CC(C)C(C(=O)N(C)CCO)CC4)cc3)CC2)n1. The maximum absolute atomic E-state index is 12.7. The second-order valence-corrected chi connectivity index (χ2v) is 10.5. The van der Waals surface area contributed by atoms with Gasteiger partial charge < -0.3 is 24.2 Å². The van der Waals surface area contributed by atoms with Crippen molar-refractivity contribution in [2.24, 2.45) is 17.8 Å². The number of piperidine rings is 1. The molecule has 36 heavy (non-hydrogen) atoms. The van der Waals surface area contributed by atoms with Gasteiger partial charge in [-0.15, -0.1) is 0 Å². The van der Waals surface area contributed by atoms with E-state index in [2.05, 4.69) is 54.0 Å². The number of carbonyl (C=O) groups excluding carboxylic acids is 1. The number of benzene rings is 1. The number of aliphatic hydroxyl groups excluding tert-OH is 1. The van der Waals surface area contributed by atoms with Crippen molar-refractivity contribution >= 4 is 17.5 Å². The fraction of sp³-hybridized carbons (Fsp3) is 0.607. The number of likely N-dealkylation sites (N-methyl/N-ethyl adjacent to an activating group) is 1. The van der Waals surface area contributed by atoms with E-state index in [9.17, 15) is 4.79 Å². The van der Waals surface area contributed by atoms with Crippen molar-refractivity contribution in [2.75, 3.05) is 44.8 Å². The van der Waals surface area contributed by atoms with E-state index < -0.39 is 0 Å². The molecular weight excluding hydrogens is 456 g/mol. The van der Waals surface area contributed by atoms with Crippen LogP contribution >= 0.6 is 0 Å². The summed E-state index contributed by atoms with van der Waals surface area (Å²) in [7, 11) is 1.77. The largest absolute Gasteiger partial charge is 0.493 e. The fourth-order valence-corrected chi connectivity index (χ4v) is 5.08. The predicted molar refractivity (Wildman–Crippen MR) is 140 cm³/mol. The molecule has 8 nitrogen and oxygen atoms in total. The maximum atomic E-state index is 12.7. The zero-order chi connectivity index (χ0) is 25.7. The Morgan fingerprint density at radius 2 is 1.94 bits per heavy atom. The van der Waals surface area contributed by atoms with Gasteiger partial charge in [0, 0.05) is 38.5 Å². The summed E-state index contributed by atoms with van der Waals surface area (Å²) >= 11 is 0. The summed E-state index contributed by atoms with van der Waals surface area (Å²) in [6, 6.07) is 8.98. The molecule has 2 unspecified atom stereocenters. The molecule has 1 aromatic heterocycles. The first-order valence-electron chi connectivity index (χ1n) is 13.2. The standard InChI is InChI=1S/C28H40N4O4/c1-19(2)26-29-28(36-30-26)32-13-11-21(12-14-32)18-35-24-8-5-22(6-9-24)23-7-10-25(20(3)17-23)27(34)31(4)15-16-33/h5-6,8-9,17,19-21,25,33H,7,10-16,18H2,1-4H3. The highest BCUT2D eigenvalue weighted by Gasteiger charge is 2.30. The first kappa shape index (κ1) is 26.2. The Labute approximate surface area is 214 Å². The Morgan fingerprint density at radius 1 is 1.22 bits per heavy atom.